The maximum atomic E-state index is 11.9. The van der Waals surface area contributed by atoms with E-state index in [1.54, 1.807) is 4.90 Å². The lowest BCUT2D eigenvalue weighted by Gasteiger charge is -2.35. The van der Waals surface area contributed by atoms with E-state index in [4.69, 9.17) is 0 Å². The van der Waals surface area contributed by atoms with E-state index in [1.807, 2.05) is 11.6 Å². The molecule has 0 bridgehead atoms. The number of aromatic nitrogens is 2. The van der Waals surface area contributed by atoms with E-state index in [9.17, 15) is 9.90 Å². The van der Waals surface area contributed by atoms with Gasteiger partial charge in [0.05, 0.1) is 11.8 Å². The van der Waals surface area contributed by atoms with Crippen LogP contribution in [0.15, 0.2) is 0 Å². The van der Waals surface area contributed by atoms with Gasteiger partial charge in [0.15, 0.2) is 0 Å². The average molecular weight is 279 g/mol. The third-order valence-corrected chi connectivity index (χ3v) is 3.87. The fourth-order valence-electron chi connectivity index (χ4n) is 2.67. The molecule has 5 heteroatoms. The van der Waals surface area contributed by atoms with Crippen LogP contribution in [0.25, 0.3) is 0 Å². The standard InChI is InChI=1S/C15H25N3O2/c1-10(2)7-18-12(4)14(11(3)16-18)5-6-15(20)17-8-13(19)9-17/h10,13,19H,5-9H2,1-4H3. The number of carbonyl (C=O) groups is 1. The van der Waals surface area contributed by atoms with E-state index in [1.165, 1.54) is 11.3 Å². The molecule has 2 rings (SSSR count). The molecule has 112 valence electrons. The molecule has 1 fully saturated rings. The van der Waals surface area contributed by atoms with Crippen molar-refractivity contribution in [1.82, 2.24) is 14.7 Å². The summed E-state index contributed by atoms with van der Waals surface area (Å²) in [7, 11) is 0. The molecule has 0 atom stereocenters. The lowest BCUT2D eigenvalue weighted by Crippen LogP contribution is -2.53. The molecule has 1 N–H and O–H groups in total. The van der Waals surface area contributed by atoms with Crippen molar-refractivity contribution >= 4 is 5.91 Å². The minimum absolute atomic E-state index is 0.130. The Morgan fingerprint density at radius 1 is 1.40 bits per heavy atom. The lowest BCUT2D eigenvalue weighted by molar-refractivity contribution is -0.141. The summed E-state index contributed by atoms with van der Waals surface area (Å²) in [6.07, 6.45) is 0.916. The second-order valence-electron chi connectivity index (χ2n) is 6.18. The number of amides is 1. The summed E-state index contributed by atoms with van der Waals surface area (Å²) in [6, 6.07) is 0. The van der Waals surface area contributed by atoms with Crippen LogP contribution in [0.4, 0.5) is 0 Å². The number of β-amino-alcohol motifs (C(OH)–C–C–N with tert-alkyl or cyclic N) is 1. The van der Waals surface area contributed by atoms with Crippen molar-refractivity contribution in [2.24, 2.45) is 5.92 Å². The third kappa shape index (κ3) is 3.20. The van der Waals surface area contributed by atoms with Crippen molar-refractivity contribution in [1.29, 1.82) is 0 Å². The molecule has 0 aliphatic carbocycles. The van der Waals surface area contributed by atoms with E-state index >= 15 is 0 Å². The zero-order valence-corrected chi connectivity index (χ0v) is 12.9. The Morgan fingerprint density at radius 3 is 2.60 bits per heavy atom. The number of aryl methyl sites for hydroxylation is 1. The van der Waals surface area contributed by atoms with Crippen LogP contribution < -0.4 is 0 Å². The highest BCUT2D eigenvalue weighted by molar-refractivity contribution is 5.77. The summed E-state index contributed by atoms with van der Waals surface area (Å²) < 4.78 is 2.05. The summed E-state index contributed by atoms with van der Waals surface area (Å²) in [5.41, 5.74) is 3.40. The number of hydrogen-bond acceptors (Lipinski definition) is 3. The van der Waals surface area contributed by atoms with Crippen molar-refractivity contribution in [3.63, 3.8) is 0 Å². The summed E-state index contributed by atoms with van der Waals surface area (Å²) in [5.74, 6) is 0.691. The first-order valence-electron chi connectivity index (χ1n) is 7.37. The van der Waals surface area contributed by atoms with Gasteiger partial charge in [-0.05, 0) is 31.7 Å². The van der Waals surface area contributed by atoms with Crippen LogP contribution in [0, 0.1) is 19.8 Å². The molecule has 1 aromatic rings. The maximum absolute atomic E-state index is 11.9. The van der Waals surface area contributed by atoms with Crippen molar-refractivity contribution < 1.29 is 9.90 Å². The predicted octanol–water partition coefficient (Wildman–Crippen LogP) is 1.29. The minimum Gasteiger partial charge on any atom is -0.389 e. The first-order valence-corrected chi connectivity index (χ1v) is 7.37. The number of aliphatic hydroxyl groups excluding tert-OH is 1. The quantitative estimate of drug-likeness (QED) is 0.883. The fraction of sp³-hybridized carbons (Fsp3) is 0.733. The number of nitrogens with zero attached hydrogens (tertiary/aromatic N) is 3. The molecule has 20 heavy (non-hydrogen) atoms. The SMILES string of the molecule is Cc1nn(CC(C)C)c(C)c1CCC(=O)N1CC(O)C1. The lowest BCUT2D eigenvalue weighted by atomic mass is 10.1. The molecule has 1 amide bonds. The van der Waals surface area contributed by atoms with Gasteiger partial charge in [0.1, 0.15) is 0 Å². The van der Waals surface area contributed by atoms with E-state index in [0.717, 1.165) is 18.7 Å². The molecule has 0 radical (unpaired) electrons. The van der Waals surface area contributed by atoms with Crippen molar-refractivity contribution in [3.8, 4) is 0 Å². The minimum atomic E-state index is -0.323. The van der Waals surface area contributed by atoms with Gasteiger partial charge in [0.2, 0.25) is 5.91 Å². The Morgan fingerprint density at radius 2 is 2.05 bits per heavy atom. The van der Waals surface area contributed by atoms with E-state index < -0.39 is 0 Å². The molecule has 0 spiro atoms. The first kappa shape index (κ1) is 15.0. The van der Waals surface area contributed by atoms with E-state index in [-0.39, 0.29) is 12.0 Å². The van der Waals surface area contributed by atoms with Crippen LogP contribution in [0.3, 0.4) is 0 Å². The topological polar surface area (TPSA) is 58.4 Å². The van der Waals surface area contributed by atoms with Gasteiger partial charge in [-0.15, -0.1) is 0 Å². The second kappa shape index (κ2) is 5.95. The van der Waals surface area contributed by atoms with Gasteiger partial charge >= 0.3 is 0 Å². The largest absolute Gasteiger partial charge is 0.389 e. The van der Waals surface area contributed by atoms with Gasteiger partial charge in [-0.3, -0.25) is 9.48 Å². The normalized spacial score (nSPS) is 15.8. The summed E-state index contributed by atoms with van der Waals surface area (Å²) in [4.78, 5) is 13.7. The van der Waals surface area contributed by atoms with Crippen LogP contribution in [-0.4, -0.2) is 44.9 Å². The number of rotatable bonds is 5. The molecule has 0 aromatic carbocycles. The van der Waals surface area contributed by atoms with Crippen molar-refractivity contribution in [3.05, 3.63) is 17.0 Å². The van der Waals surface area contributed by atoms with Gasteiger partial charge in [-0.25, -0.2) is 0 Å². The predicted molar refractivity (Wildman–Crippen MR) is 77.4 cm³/mol. The van der Waals surface area contributed by atoms with Gasteiger partial charge in [-0.1, -0.05) is 13.8 Å². The average Bonchev–Trinajstić information content (AvgIpc) is 2.57. The molecule has 5 nitrogen and oxygen atoms in total. The highest BCUT2D eigenvalue weighted by Crippen LogP contribution is 2.18. The van der Waals surface area contributed by atoms with Gasteiger partial charge in [0, 0.05) is 31.7 Å². The number of hydrogen-bond donors (Lipinski definition) is 1. The summed E-state index contributed by atoms with van der Waals surface area (Å²) in [5, 5.41) is 13.8. The highest BCUT2D eigenvalue weighted by atomic mass is 16.3. The number of carbonyl (C=O) groups excluding carboxylic acids is 1. The van der Waals surface area contributed by atoms with E-state index in [0.29, 0.717) is 25.4 Å². The van der Waals surface area contributed by atoms with Crippen LogP contribution in [0.1, 0.15) is 37.2 Å². The molecular formula is C15H25N3O2. The smallest absolute Gasteiger partial charge is 0.223 e. The first-order chi connectivity index (χ1) is 9.38. The van der Waals surface area contributed by atoms with Crippen LogP contribution >= 0.6 is 0 Å². The monoisotopic (exact) mass is 279 g/mol. The Bertz CT molecular complexity index is 488. The molecule has 0 saturated carbocycles. The Balaban J connectivity index is 1.95. The molecule has 1 aromatic heterocycles. The number of aliphatic hydroxyl groups is 1. The van der Waals surface area contributed by atoms with Crippen LogP contribution in [0.2, 0.25) is 0 Å². The summed E-state index contributed by atoms with van der Waals surface area (Å²) in [6.45, 7) is 10.3. The Kier molecular flexibility index (Phi) is 4.48. The van der Waals surface area contributed by atoms with Gasteiger partial charge in [-0.2, -0.15) is 5.10 Å². The van der Waals surface area contributed by atoms with Crippen molar-refractivity contribution in [2.45, 2.75) is 53.2 Å². The van der Waals surface area contributed by atoms with Crippen molar-refractivity contribution in [2.75, 3.05) is 13.1 Å². The fourth-order valence-corrected chi connectivity index (χ4v) is 2.67. The molecule has 2 heterocycles. The van der Waals surface area contributed by atoms with Crippen LogP contribution in [0.5, 0.6) is 0 Å². The van der Waals surface area contributed by atoms with E-state index in [2.05, 4.69) is 25.9 Å². The molecule has 0 unspecified atom stereocenters. The number of likely N-dealkylation sites (tertiary alicyclic amines) is 1. The van der Waals surface area contributed by atoms with Gasteiger partial charge < -0.3 is 10.0 Å². The molecular weight excluding hydrogens is 254 g/mol. The molecule has 1 aliphatic heterocycles. The summed E-state index contributed by atoms with van der Waals surface area (Å²) >= 11 is 0. The zero-order chi connectivity index (χ0) is 14.9. The molecule has 1 aliphatic rings. The highest BCUT2D eigenvalue weighted by Gasteiger charge is 2.28. The zero-order valence-electron chi connectivity index (χ0n) is 12.9. The van der Waals surface area contributed by atoms with Crippen LogP contribution in [-0.2, 0) is 17.8 Å². The third-order valence-electron chi connectivity index (χ3n) is 3.87. The Labute approximate surface area is 120 Å². The van der Waals surface area contributed by atoms with Gasteiger partial charge in [0.25, 0.3) is 0 Å². The second-order valence-corrected chi connectivity index (χ2v) is 6.18. The Hall–Kier alpha value is -1.36. The molecule has 1 saturated heterocycles. The maximum Gasteiger partial charge on any atom is 0.223 e.